The Morgan fingerprint density at radius 3 is 2.45 bits per heavy atom. The summed E-state index contributed by atoms with van der Waals surface area (Å²) < 4.78 is -1.00. The maximum Gasteiger partial charge on any atom is 0.154 e. The molecule has 0 radical (unpaired) electrons. The number of nitrogens with zero attached hydrogens (tertiary/aromatic N) is 1. The van der Waals surface area contributed by atoms with E-state index in [9.17, 15) is 0 Å². The van der Waals surface area contributed by atoms with E-state index in [1.165, 1.54) is 19.3 Å². The fraction of sp³-hybridized carbons (Fsp3) is 0.562. The van der Waals surface area contributed by atoms with Gasteiger partial charge in [0, 0.05) is 18.7 Å². The van der Waals surface area contributed by atoms with E-state index in [4.69, 9.17) is 34.8 Å². The van der Waals surface area contributed by atoms with Crippen molar-refractivity contribution < 1.29 is 0 Å². The maximum atomic E-state index is 6.38. The molecule has 0 aliphatic heterocycles. The second kappa shape index (κ2) is 7.68. The van der Waals surface area contributed by atoms with Crippen LogP contribution >= 0.6 is 34.8 Å². The van der Waals surface area contributed by atoms with Gasteiger partial charge in [-0.15, -0.1) is 11.6 Å². The third-order valence-corrected chi connectivity index (χ3v) is 4.57. The van der Waals surface area contributed by atoms with E-state index in [0.717, 1.165) is 18.4 Å². The van der Waals surface area contributed by atoms with Gasteiger partial charge in [0.2, 0.25) is 0 Å². The molecule has 1 saturated carbocycles. The summed E-state index contributed by atoms with van der Waals surface area (Å²) in [6.07, 6.45) is 8.25. The SMILES string of the molecule is ClC(CC(Cl)(Cl)C=NC1CCCCC1)c1ccccc1. The van der Waals surface area contributed by atoms with Crippen LogP contribution < -0.4 is 0 Å². The van der Waals surface area contributed by atoms with E-state index in [-0.39, 0.29) is 5.38 Å². The molecule has 1 aromatic rings. The molecule has 1 aromatic carbocycles. The lowest BCUT2D eigenvalue weighted by atomic mass is 9.96. The molecule has 0 saturated heterocycles. The minimum atomic E-state index is -1.00. The monoisotopic (exact) mass is 331 g/mol. The van der Waals surface area contributed by atoms with Gasteiger partial charge in [-0.1, -0.05) is 72.8 Å². The number of alkyl halides is 3. The lowest BCUT2D eigenvalue weighted by Gasteiger charge is -2.21. The van der Waals surface area contributed by atoms with Gasteiger partial charge in [-0.3, -0.25) is 4.99 Å². The molecule has 0 bridgehead atoms. The van der Waals surface area contributed by atoms with Gasteiger partial charge >= 0.3 is 0 Å². The predicted octanol–water partition coefficient (Wildman–Crippen LogP) is 5.93. The maximum absolute atomic E-state index is 6.38. The number of hydrogen-bond acceptors (Lipinski definition) is 1. The molecular formula is C16H20Cl3N. The van der Waals surface area contributed by atoms with Crippen molar-refractivity contribution in [3.63, 3.8) is 0 Å². The zero-order valence-corrected chi connectivity index (χ0v) is 13.7. The number of aliphatic imine (C=N–C) groups is 1. The molecule has 1 unspecified atom stereocenters. The molecule has 110 valence electrons. The first kappa shape index (κ1) is 16.1. The molecule has 1 fully saturated rings. The number of halogens is 3. The average Bonchev–Trinajstić information content (AvgIpc) is 2.47. The van der Waals surface area contributed by atoms with Crippen molar-refractivity contribution in [3.8, 4) is 0 Å². The summed E-state index contributed by atoms with van der Waals surface area (Å²) in [5.74, 6) is 0. The summed E-state index contributed by atoms with van der Waals surface area (Å²) in [5, 5.41) is -0.205. The highest BCUT2D eigenvalue weighted by Gasteiger charge is 2.27. The van der Waals surface area contributed by atoms with Gasteiger partial charge in [0.25, 0.3) is 0 Å². The van der Waals surface area contributed by atoms with Crippen molar-refractivity contribution in [3.05, 3.63) is 35.9 Å². The topological polar surface area (TPSA) is 12.4 Å². The molecule has 4 heteroatoms. The van der Waals surface area contributed by atoms with Crippen LogP contribution in [0.1, 0.15) is 49.5 Å². The summed E-state index contributed by atoms with van der Waals surface area (Å²) in [6, 6.07) is 10.2. The Morgan fingerprint density at radius 1 is 1.15 bits per heavy atom. The summed E-state index contributed by atoms with van der Waals surface area (Å²) in [4.78, 5) is 4.55. The summed E-state index contributed by atoms with van der Waals surface area (Å²) >= 11 is 19.0. The van der Waals surface area contributed by atoms with Gasteiger partial charge in [0.15, 0.2) is 4.33 Å². The van der Waals surface area contributed by atoms with Crippen molar-refractivity contribution >= 4 is 41.0 Å². The minimum absolute atomic E-state index is 0.205. The Kier molecular flexibility index (Phi) is 6.20. The lowest BCUT2D eigenvalue weighted by Crippen LogP contribution is -2.20. The molecule has 1 nitrogen and oxygen atoms in total. The van der Waals surface area contributed by atoms with Crippen molar-refractivity contribution in [1.29, 1.82) is 0 Å². The molecule has 0 heterocycles. The molecule has 1 aliphatic rings. The summed E-state index contributed by atoms with van der Waals surface area (Å²) in [7, 11) is 0. The van der Waals surface area contributed by atoms with Crippen LogP contribution in [0.2, 0.25) is 0 Å². The van der Waals surface area contributed by atoms with Crippen molar-refractivity contribution in [2.75, 3.05) is 0 Å². The highest BCUT2D eigenvalue weighted by atomic mass is 35.5. The minimum Gasteiger partial charge on any atom is -0.291 e. The Hall–Kier alpha value is -0.240. The van der Waals surface area contributed by atoms with Crippen LogP contribution in [0.5, 0.6) is 0 Å². The van der Waals surface area contributed by atoms with Gasteiger partial charge in [-0.05, 0) is 18.4 Å². The second-order valence-electron chi connectivity index (χ2n) is 5.41. The lowest BCUT2D eigenvalue weighted by molar-refractivity contribution is 0.443. The van der Waals surface area contributed by atoms with E-state index < -0.39 is 4.33 Å². The first-order valence-corrected chi connectivity index (χ1v) is 8.37. The van der Waals surface area contributed by atoms with Crippen molar-refractivity contribution in [2.24, 2.45) is 4.99 Å². The molecule has 0 N–H and O–H groups in total. The Balaban J connectivity index is 1.91. The summed E-state index contributed by atoms with van der Waals surface area (Å²) in [5.41, 5.74) is 1.03. The number of hydrogen-bond donors (Lipinski definition) is 0. The van der Waals surface area contributed by atoms with Crippen LogP contribution in [0, 0.1) is 0 Å². The Morgan fingerprint density at radius 2 is 1.80 bits per heavy atom. The average molecular weight is 333 g/mol. The normalized spacial score (nSPS) is 19.4. The van der Waals surface area contributed by atoms with Crippen molar-refractivity contribution in [1.82, 2.24) is 0 Å². The Labute approximate surface area is 136 Å². The second-order valence-corrected chi connectivity index (χ2v) is 7.48. The van der Waals surface area contributed by atoms with Gasteiger partial charge in [-0.2, -0.15) is 0 Å². The third-order valence-electron chi connectivity index (χ3n) is 3.66. The molecule has 0 aromatic heterocycles. The molecular weight excluding hydrogens is 313 g/mol. The van der Waals surface area contributed by atoms with Gasteiger partial charge in [-0.25, -0.2) is 0 Å². The molecule has 1 atom stereocenters. The molecule has 1 aliphatic carbocycles. The van der Waals surface area contributed by atoms with E-state index in [1.807, 2.05) is 30.3 Å². The quantitative estimate of drug-likeness (QED) is 0.468. The van der Waals surface area contributed by atoms with Gasteiger partial charge in [0.1, 0.15) is 0 Å². The van der Waals surface area contributed by atoms with E-state index in [2.05, 4.69) is 4.99 Å². The van der Waals surface area contributed by atoms with Crippen LogP contribution in [0.25, 0.3) is 0 Å². The van der Waals surface area contributed by atoms with Gasteiger partial charge in [0.05, 0.1) is 5.38 Å². The van der Waals surface area contributed by atoms with E-state index >= 15 is 0 Å². The van der Waals surface area contributed by atoms with Gasteiger partial charge < -0.3 is 0 Å². The van der Waals surface area contributed by atoms with E-state index in [1.54, 1.807) is 6.21 Å². The first-order chi connectivity index (χ1) is 9.57. The number of benzene rings is 1. The van der Waals surface area contributed by atoms with Crippen molar-refractivity contribution in [2.45, 2.75) is 54.3 Å². The third kappa shape index (κ3) is 5.27. The van der Waals surface area contributed by atoms with Crippen LogP contribution in [0.15, 0.2) is 35.3 Å². The summed E-state index contributed by atoms with van der Waals surface area (Å²) in [6.45, 7) is 0. The molecule has 2 rings (SSSR count). The molecule has 20 heavy (non-hydrogen) atoms. The molecule has 0 amide bonds. The standard InChI is InChI=1S/C16H20Cl3N/c17-15(13-7-3-1-4-8-13)11-16(18,19)12-20-14-9-5-2-6-10-14/h1,3-4,7-8,12,14-15H,2,5-6,9-11H2. The smallest absolute Gasteiger partial charge is 0.154 e. The highest BCUT2D eigenvalue weighted by Crippen LogP contribution is 2.35. The predicted molar refractivity (Wildman–Crippen MR) is 89.5 cm³/mol. The fourth-order valence-electron chi connectivity index (χ4n) is 2.52. The highest BCUT2D eigenvalue weighted by molar-refractivity contribution is 6.56. The van der Waals surface area contributed by atoms with Crippen LogP contribution in [0.4, 0.5) is 0 Å². The van der Waals surface area contributed by atoms with E-state index in [0.29, 0.717) is 12.5 Å². The zero-order valence-electron chi connectivity index (χ0n) is 11.4. The van der Waals surface area contributed by atoms with Crippen LogP contribution in [-0.4, -0.2) is 16.6 Å². The Bertz CT molecular complexity index is 425. The zero-order chi connectivity index (χ0) is 14.4. The fourth-order valence-corrected chi connectivity index (χ4v) is 3.48. The molecule has 0 spiro atoms. The largest absolute Gasteiger partial charge is 0.291 e. The van der Waals surface area contributed by atoms with Crippen LogP contribution in [0.3, 0.4) is 0 Å². The number of rotatable bonds is 5. The first-order valence-electron chi connectivity index (χ1n) is 7.18. The van der Waals surface area contributed by atoms with Crippen LogP contribution in [-0.2, 0) is 0 Å².